The van der Waals surface area contributed by atoms with Gasteiger partial charge in [-0.05, 0) is 13.0 Å². The molecule has 3 rings (SSSR count). The monoisotopic (exact) mass is 488 g/mol. The summed E-state index contributed by atoms with van der Waals surface area (Å²) in [4.78, 5) is 50.3. The number of nitro benzene ring substituents is 3. The molecule has 0 aliphatic carbocycles. The molecule has 35 heavy (non-hydrogen) atoms. The van der Waals surface area contributed by atoms with E-state index < -0.39 is 32.1 Å². The number of amides is 1. The first-order chi connectivity index (χ1) is 16.5. The molecule has 0 bridgehead atoms. The van der Waals surface area contributed by atoms with Gasteiger partial charge in [0.05, 0.1) is 33.5 Å². The van der Waals surface area contributed by atoms with Gasteiger partial charge in [0.1, 0.15) is 17.1 Å². The molecule has 0 unspecified atom stereocenters. The van der Waals surface area contributed by atoms with Crippen molar-refractivity contribution in [3.05, 3.63) is 66.2 Å². The van der Waals surface area contributed by atoms with E-state index in [1.165, 1.54) is 36.3 Å². The van der Waals surface area contributed by atoms with E-state index in [0.29, 0.717) is 0 Å². The normalized spacial score (nSPS) is 15.5. The molecule has 0 spiro atoms. The third kappa shape index (κ3) is 4.90. The second kappa shape index (κ2) is 9.79. The topological polar surface area (TPSA) is 165 Å². The highest BCUT2D eigenvalue weighted by Gasteiger charge is 2.34. The van der Waals surface area contributed by atoms with Gasteiger partial charge in [0.15, 0.2) is 0 Å². The largest absolute Gasteiger partial charge is 0.496 e. The lowest BCUT2D eigenvalue weighted by molar-refractivity contribution is -0.393. The third-order valence-corrected chi connectivity index (χ3v) is 5.80. The number of non-ortho nitro benzene ring substituents is 1. The average Bonchev–Trinajstić information content (AvgIpc) is 2.81. The highest BCUT2D eigenvalue weighted by Crippen LogP contribution is 2.37. The Balaban J connectivity index is 1.90. The van der Waals surface area contributed by atoms with E-state index in [-0.39, 0.29) is 54.1 Å². The summed E-state index contributed by atoms with van der Waals surface area (Å²) in [5.41, 5.74) is -0.505. The van der Waals surface area contributed by atoms with Crippen molar-refractivity contribution < 1.29 is 24.3 Å². The van der Waals surface area contributed by atoms with Crippen LogP contribution in [0.1, 0.15) is 17.3 Å². The molecule has 186 valence electrons. The van der Waals surface area contributed by atoms with Gasteiger partial charge >= 0.3 is 0 Å². The van der Waals surface area contributed by atoms with Crippen molar-refractivity contribution in [1.29, 1.82) is 0 Å². The molecule has 1 amide bonds. The summed E-state index contributed by atoms with van der Waals surface area (Å²) < 4.78 is 5.34. The van der Waals surface area contributed by atoms with Gasteiger partial charge in [-0.2, -0.15) is 0 Å². The van der Waals surface area contributed by atoms with Crippen molar-refractivity contribution in [2.24, 2.45) is 0 Å². The Morgan fingerprint density at radius 3 is 2.17 bits per heavy atom. The van der Waals surface area contributed by atoms with Crippen molar-refractivity contribution in [1.82, 2.24) is 4.90 Å². The zero-order valence-electron chi connectivity index (χ0n) is 19.5. The van der Waals surface area contributed by atoms with Gasteiger partial charge in [0.2, 0.25) is 0 Å². The summed E-state index contributed by atoms with van der Waals surface area (Å²) in [5, 5.41) is 34.2. The first kappa shape index (κ1) is 25.1. The van der Waals surface area contributed by atoms with Gasteiger partial charge in [-0.25, -0.2) is 0 Å². The van der Waals surface area contributed by atoms with Gasteiger partial charge in [0, 0.05) is 58.0 Å². The molecule has 0 aromatic heterocycles. The van der Waals surface area contributed by atoms with E-state index in [1.807, 2.05) is 0 Å². The maximum Gasteiger partial charge on any atom is 0.299 e. The lowest BCUT2D eigenvalue weighted by Crippen LogP contribution is -2.54. The Morgan fingerprint density at radius 2 is 1.66 bits per heavy atom. The fourth-order valence-electron chi connectivity index (χ4n) is 4.08. The molecular formula is C21H24N6O8. The molecule has 14 nitrogen and oxygen atoms in total. The molecule has 0 N–H and O–H groups in total. The fraction of sp³-hybridized carbons (Fsp3) is 0.381. The maximum atomic E-state index is 13.3. The van der Waals surface area contributed by atoms with Gasteiger partial charge in [-0.1, -0.05) is 0 Å². The maximum absolute atomic E-state index is 13.3. The van der Waals surface area contributed by atoms with Crippen molar-refractivity contribution in [2.75, 3.05) is 50.6 Å². The minimum absolute atomic E-state index is 0.0340. The van der Waals surface area contributed by atoms with Gasteiger partial charge < -0.3 is 19.4 Å². The molecule has 1 aliphatic heterocycles. The molecule has 1 fully saturated rings. The number of anilines is 2. The Hall–Kier alpha value is -4.49. The zero-order valence-corrected chi connectivity index (χ0v) is 19.5. The summed E-state index contributed by atoms with van der Waals surface area (Å²) >= 11 is 0. The predicted molar refractivity (Wildman–Crippen MR) is 126 cm³/mol. The first-order valence-corrected chi connectivity index (χ1v) is 10.5. The number of carbonyl (C=O) groups is 1. The number of hydrogen-bond donors (Lipinski definition) is 0. The summed E-state index contributed by atoms with van der Waals surface area (Å²) in [6.07, 6.45) is 0. The molecule has 0 saturated carbocycles. The Labute approximate surface area is 199 Å². The van der Waals surface area contributed by atoms with Crippen LogP contribution in [-0.2, 0) is 0 Å². The molecule has 2 aromatic carbocycles. The average molecular weight is 488 g/mol. The molecule has 14 heteroatoms. The number of benzene rings is 2. The molecule has 1 atom stereocenters. The molecule has 0 radical (unpaired) electrons. The van der Waals surface area contributed by atoms with Crippen LogP contribution in [0, 0.1) is 30.3 Å². The number of piperazine rings is 1. The molecule has 2 aromatic rings. The first-order valence-electron chi connectivity index (χ1n) is 10.5. The van der Waals surface area contributed by atoms with E-state index in [4.69, 9.17) is 4.74 Å². The zero-order chi connectivity index (χ0) is 26.0. The quantitative estimate of drug-likeness (QED) is 0.418. The van der Waals surface area contributed by atoms with E-state index in [9.17, 15) is 35.1 Å². The van der Waals surface area contributed by atoms with Crippen molar-refractivity contribution >= 4 is 34.3 Å². The summed E-state index contributed by atoms with van der Waals surface area (Å²) in [7, 11) is 4.65. The molecular weight excluding hydrogens is 464 g/mol. The van der Waals surface area contributed by atoms with Crippen molar-refractivity contribution in [2.45, 2.75) is 13.0 Å². The van der Waals surface area contributed by atoms with Crippen LogP contribution in [-0.4, -0.2) is 72.5 Å². The van der Waals surface area contributed by atoms with E-state index in [0.717, 1.165) is 6.07 Å². The highest BCUT2D eigenvalue weighted by atomic mass is 16.6. The number of nitrogens with zero attached hydrogens (tertiary/aromatic N) is 6. The fourth-order valence-corrected chi connectivity index (χ4v) is 4.08. The summed E-state index contributed by atoms with van der Waals surface area (Å²) in [5.74, 6) is -0.287. The van der Waals surface area contributed by atoms with Crippen LogP contribution in [0.25, 0.3) is 0 Å². The Bertz CT molecular complexity index is 1200. The second-order valence-corrected chi connectivity index (χ2v) is 8.17. The molecule has 1 aliphatic rings. The number of methoxy groups -OCH3 is 1. The van der Waals surface area contributed by atoms with Crippen molar-refractivity contribution in [3.63, 3.8) is 0 Å². The van der Waals surface area contributed by atoms with E-state index in [2.05, 4.69) is 0 Å². The second-order valence-electron chi connectivity index (χ2n) is 8.17. The number of hydrogen-bond acceptors (Lipinski definition) is 10. The Morgan fingerprint density at radius 1 is 1.00 bits per heavy atom. The number of carbonyl (C=O) groups excluding carboxylic acids is 1. The standard InChI is InChI=1S/C21H24N6O8/c1-13-12-23(7-8-24(13)16-6-5-14(25(29)30)9-18(16)26(31)32)21(28)15-10-19(27(33)34)17(22(2)3)11-20(15)35-4/h5-6,9-11,13H,7-8,12H2,1-4H3/t13-/m0/s1. The summed E-state index contributed by atoms with van der Waals surface area (Å²) in [6, 6.07) is 5.69. The van der Waals surface area contributed by atoms with Crippen molar-refractivity contribution in [3.8, 4) is 5.75 Å². The van der Waals surface area contributed by atoms with Crippen LogP contribution in [0.15, 0.2) is 30.3 Å². The number of nitro groups is 3. The van der Waals surface area contributed by atoms with Crippen LogP contribution in [0.5, 0.6) is 5.75 Å². The highest BCUT2D eigenvalue weighted by molar-refractivity contribution is 5.99. The molecule has 1 saturated heterocycles. The Kier molecular flexibility index (Phi) is 7.03. The van der Waals surface area contributed by atoms with Gasteiger partial charge in [-0.15, -0.1) is 0 Å². The lowest BCUT2D eigenvalue weighted by atomic mass is 10.1. The SMILES string of the molecule is COc1cc(N(C)C)c([N+](=O)[O-])cc1C(=O)N1CCN(c2ccc([N+](=O)[O-])cc2[N+](=O)[O-])[C@@H](C)C1. The number of rotatable bonds is 7. The third-order valence-electron chi connectivity index (χ3n) is 5.80. The van der Waals surface area contributed by atoms with E-state index >= 15 is 0 Å². The van der Waals surface area contributed by atoms with Crippen LogP contribution in [0.4, 0.5) is 28.4 Å². The van der Waals surface area contributed by atoms with Crippen LogP contribution < -0.4 is 14.5 Å². The predicted octanol–water partition coefficient (Wildman–Crippen LogP) is 2.84. The lowest BCUT2D eigenvalue weighted by Gasteiger charge is -2.41. The van der Waals surface area contributed by atoms with Crippen LogP contribution >= 0.6 is 0 Å². The van der Waals surface area contributed by atoms with Gasteiger partial charge in [-0.3, -0.25) is 35.1 Å². The van der Waals surface area contributed by atoms with Gasteiger partial charge in [0.25, 0.3) is 23.0 Å². The minimum Gasteiger partial charge on any atom is -0.496 e. The van der Waals surface area contributed by atoms with Crippen LogP contribution in [0.3, 0.4) is 0 Å². The smallest absolute Gasteiger partial charge is 0.299 e. The van der Waals surface area contributed by atoms with Crippen LogP contribution in [0.2, 0.25) is 0 Å². The molecule has 1 heterocycles. The number of ether oxygens (including phenoxy) is 1. The minimum atomic E-state index is -0.703. The summed E-state index contributed by atoms with van der Waals surface area (Å²) in [6.45, 7) is 2.31. The van der Waals surface area contributed by atoms with E-state index in [1.54, 1.807) is 30.8 Å².